The summed E-state index contributed by atoms with van der Waals surface area (Å²) >= 11 is 11.9. The molecule has 112 valence electrons. The molecule has 0 aliphatic rings. The van der Waals surface area contributed by atoms with Gasteiger partial charge in [-0.3, -0.25) is 4.99 Å². The predicted molar refractivity (Wildman–Crippen MR) is 85.4 cm³/mol. The highest BCUT2D eigenvalue weighted by molar-refractivity contribution is 6.35. The van der Waals surface area contributed by atoms with Gasteiger partial charge in [-0.1, -0.05) is 43.1 Å². The predicted octanol–water partition coefficient (Wildman–Crippen LogP) is 3.07. The Labute approximate surface area is 130 Å². The van der Waals surface area contributed by atoms with E-state index in [9.17, 15) is 0 Å². The Morgan fingerprint density at radius 1 is 1.40 bits per heavy atom. The van der Waals surface area contributed by atoms with E-state index in [1.807, 2.05) is 6.07 Å². The molecular weight excluding hydrogens is 297 g/mol. The van der Waals surface area contributed by atoms with Gasteiger partial charge >= 0.3 is 0 Å². The van der Waals surface area contributed by atoms with Crippen molar-refractivity contribution in [2.75, 3.05) is 19.7 Å². The first-order valence-corrected chi connectivity index (χ1v) is 7.30. The number of guanidine groups is 1. The smallest absolute Gasteiger partial charge is 0.188 e. The lowest BCUT2D eigenvalue weighted by Crippen LogP contribution is -2.34. The third-order valence-electron chi connectivity index (χ3n) is 2.45. The Bertz CT molecular complexity index is 450. The molecule has 1 aromatic rings. The first-order chi connectivity index (χ1) is 9.49. The molecule has 0 saturated carbocycles. The second-order valence-corrected chi connectivity index (χ2v) is 5.68. The quantitative estimate of drug-likeness (QED) is 0.461. The van der Waals surface area contributed by atoms with E-state index >= 15 is 0 Å². The average molecular weight is 318 g/mol. The van der Waals surface area contributed by atoms with Crippen LogP contribution in [0, 0.1) is 5.92 Å². The number of nitrogens with zero attached hydrogens (tertiary/aromatic N) is 1. The van der Waals surface area contributed by atoms with Gasteiger partial charge in [0.05, 0.1) is 13.2 Å². The minimum Gasteiger partial charge on any atom is -0.375 e. The molecule has 0 unspecified atom stereocenters. The average Bonchev–Trinajstić information content (AvgIpc) is 2.38. The molecule has 4 nitrogen and oxygen atoms in total. The molecule has 20 heavy (non-hydrogen) atoms. The van der Waals surface area contributed by atoms with Gasteiger partial charge in [0.2, 0.25) is 0 Å². The molecule has 3 N–H and O–H groups in total. The van der Waals surface area contributed by atoms with Crippen LogP contribution in [-0.2, 0) is 11.3 Å². The minimum atomic E-state index is 0.445. The van der Waals surface area contributed by atoms with E-state index in [0.29, 0.717) is 41.7 Å². The number of hydrogen-bond donors (Lipinski definition) is 2. The van der Waals surface area contributed by atoms with Crippen LogP contribution < -0.4 is 11.1 Å². The fourth-order valence-corrected chi connectivity index (χ4v) is 1.87. The van der Waals surface area contributed by atoms with Crippen molar-refractivity contribution >= 4 is 29.2 Å². The second kappa shape index (κ2) is 9.06. The number of ether oxygens (including phenoxy) is 1. The van der Waals surface area contributed by atoms with E-state index in [2.05, 4.69) is 24.2 Å². The number of hydrogen-bond acceptors (Lipinski definition) is 2. The van der Waals surface area contributed by atoms with Crippen LogP contribution in [0.1, 0.15) is 19.4 Å². The highest BCUT2D eigenvalue weighted by Gasteiger charge is 2.01. The van der Waals surface area contributed by atoms with Gasteiger partial charge < -0.3 is 15.8 Å². The van der Waals surface area contributed by atoms with Gasteiger partial charge in [0.15, 0.2) is 5.96 Å². The van der Waals surface area contributed by atoms with Crippen molar-refractivity contribution in [1.82, 2.24) is 5.32 Å². The number of nitrogens with one attached hydrogen (secondary N) is 1. The maximum atomic E-state index is 6.04. The molecule has 0 aliphatic carbocycles. The Kier molecular flexibility index (Phi) is 7.73. The molecular formula is C14H21Cl2N3O. The minimum absolute atomic E-state index is 0.445. The van der Waals surface area contributed by atoms with Crippen molar-refractivity contribution in [2.24, 2.45) is 16.6 Å². The third-order valence-corrected chi connectivity index (χ3v) is 3.04. The lowest BCUT2D eigenvalue weighted by molar-refractivity contribution is 0.125. The van der Waals surface area contributed by atoms with E-state index < -0.39 is 0 Å². The summed E-state index contributed by atoms with van der Waals surface area (Å²) in [6.45, 7) is 6.49. The topological polar surface area (TPSA) is 59.6 Å². The summed E-state index contributed by atoms with van der Waals surface area (Å²) in [5.41, 5.74) is 6.62. The molecule has 6 heteroatoms. The summed E-state index contributed by atoms with van der Waals surface area (Å²) in [6.07, 6.45) is 0. The summed E-state index contributed by atoms with van der Waals surface area (Å²) in [5, 5.41) is 4.23. The first-order valence-electron chi connectivity index (χ1n) is 6.54. The molecule has 0 fully saturated rings. The zero-order valence-corrected chi connectivity index (χ0v) is 13.3. The first kappa shape index (κ1) is 17.1. The molecule has 0 aromatic heterocycles. The zero-order valence-electron chi connectivity index (χ0n) is 11.8. The molecule has 1 aromatic carbocycles. The van der Waals surface area contributed by atoms with Crippen LogP contribution in [0.3, 0.4) is 0 Å². The lowest BCUT2D eigenvalue weighted by Gasteiger charge is -2.08. The van der Waals surface area contributed by atoms with E-state index in [1.54, 1.807) is 12.1 Å². The monoisotopic (exact) mass is 317 g/mol. The van der Waals surface area contributed by atoms with Crippen LogP contribution in [0.5, 0.6) is 0 Å². The van der Waals surface area contributed by atoms with Crippen LogP contribution >= 0.6 is 23.2 Å². The van der Waals surface area contributed by atoms with Crippen molar-refractivity contribution < 1.29 is 4.74 Å². The van der Waals surface area contributed by atoms with E-state index in [4.69, 9.17) is 33.7 Å². The SMILES string of the molecule is CC(C)CN=C(N)NCCOCc1ccc(Cl)cc1Cl. The van der Waals surface area contributed by atoms with Gasteiger partial charge in [-0.25, -0.2) is 0 Å². The van der Waals surface area contributed by atoms with E-state index in [1.165, 1.54) is 0 Å². The standard InChI is InChI=1S/C14H21Cl2N3O/c1-10(2)8-19-14(17)18-5-6-20-9-11-3-4-12(15)7-13(11)16/h3-4,7,10H,5-6,8-9H2,1-2H3,(H3,17,18,19). The number of aliphatic imine (C=N–C) groups is 1. The van der Waals surface area contributed by atoms with Crippen molar-refractivity contribution in [1.29, 1.82) is 0 Å². The summed E-state index contributed by atoms with van der Waals surface area (Å²) < 4.78 is 5.52. The molecule has 0 amide bonds. The molecule has 0 spiro atoms. The molecule has 0 saturated heterocycles. The molecule has 1 rings (SSSR count). The van der Waals surface area contributed by atoms with Gasteiger partial charge in [-0.05, 0) is 23.6 Å². The van der Waals surface area contributed by atoms with Crippen molar-refractivity contribution in [3.8, 4) is 0 Å². The summed E-state index contributed by atoms with van der Waals surface area (Å²) in [6, 6.07) is 5.36. The Hall–Kier alpha value is -0.970. The van der Waals surface area contributed by atoms with Crippen molar-refractivity contribution in [3.05, 3.63) is 33.8 Å². The Morgan fingerprint density at radius 3 is 2.80 bits per heavy atom. The Balaban J connectivity index is 2.20. The number of nitrogens with two attached hydrogens (primary N) is 1. The maximum Gasteiger partial charge on any atom is 0.188 e. The molecule has 0 atom stereocenters. The van der Waals surface area contributed by atoms with Crippen LogP contribution in [0.4, 0.5) is 0 Å². The Morgan fingerprint density at radius 2 is 2.15 bits per heavy atom. The third kappa shape index (κ3) is 6.98. The highest BCUT2D eigenvalue weighted by atomic mass is 35.5. The number of rotatable bonds is 7. The lowest BCUT2D eigenvalue weighted by atomic mass is 10.2. The van der Waals surface area contributed by atoms with Gasteiger partial charge in [-0.2, -0.15) is 0 Å². The molecule has 0 heterocycles. The summed E-state index contributed by atoms with van der Waals surface area (Å²) in [4.78, 5) is 4.20. The van der Waals surface area contributed by atoms with Crippen molar-refractivity contribution in [2.45, 2.75) is 20.5 Å². The zero-order chi connectivity index (χ0) is 15.0. The largest absolute Gasteiger partial charge is 0.375 e. The van der Waals surface area contributed by atoms with Gasteiger partial charge in [-0.15, -0.1) is 0 Å². The van der Waals surface area contributed by atoms with Crippen molar-refractivity contribution in [3.63, 3.8) is 0 Å². The van der Waals surface area contributed by atoms with Gasteiger partial charge in [0, 0.05) is 23.1 Å². The van der Waals surface area contributed by atoms with E-state index in [0.717, 1.165) is 12.1 Å². The van der Waals surface area contributed by atoms with Crippen LogP contribution in [-0.4, -0.2) is 25.7 Å². The normalized spacial score (nSPS) is 11.9. The fourth-order valence-electron chi connectivity index (χ4n) is 1.41. The van der Waals surface area contributed by atoms with Crippen LogP contribution in [0.25, 0.3) is 0 Å². The number of halogens is 2. The molecule has 0 bridgehead atoms. The maximum absolute atomic E-state index is 6.04. The van der Waals surface area contributed by atoms with Gasteiger partial charge in [0.25, 0.3) is 0 Å². The van der Waals surface area contributed by atoms with Crippen LogP contribution in [0.2, 0.25) is 10.0 Å². The molecule has 0 aliphatic heterocycles. The van der Waals surface area contributed by atoms with Crippen LogP contribution in [0.15, 0.2) is 23.2 Å². The second-order valence-electron chi connectivity index (χ2n) is 4.83. The highest BCUT2D eigenvalue weighted by Crippen LogP contribution is 2.21. The van der Waals surface area contributed by atoms with E-state index in [-0.39, 0.29) is 0 Å². The fraction of sp³-hybridized carbons (Fsp3) is 0.500. The molecule has 0 radical (unpaired) electrons. The van der Waals surface area contributed by atoms with Gasteiger partial charge in [0.1, 0.15) is 0 Å². The number of benzene rings is 1. The summed E-state index contributed by atoms with van der Waals surface area (Å²) in [7, 11) is 0. The summed E-state index contributed by atoms with van der Waals surface area (Å²) in [5.74, 6) is 0.950.